The summed E-state index contributed by atoms with van der Waals surface area (Å²) in [7, 11) is -3.75. The number of hydrogen-bond acceptors (Lipinski definition) is 2. The molecule has 0 aliphatic carbocycles. The normalized spacial score (nSPS) is 10.8. The van der Waals surface area contributed by atoms with E-state index in [1.54, 1.807) is 48.5 Å². The van der Waals surface area contributed by atoms with Crippen LogP contribution >= 0.6 is 15.9 Å². The summed E-state index contributed by atoms with van der Waals surface area (Å²) in [5, 5.41) is 0. The molecular weight excluding hydrogens is 338 g/mol. The van der Waals surface area contributed by atoms with Crippen molar-refractivity contribution >= 4 is 31.6 Å². The van der Waals surface area contributed by atoms with Gasteiger partial charge < -0.3 is 0 Å². The van der Waals surface area contributed by atoms with E-state index < -0.39 is 10.0 Å². The van der Waals surface area contributed by atoms with Crippen molar-refractivity contribution in [2.24, 2.45) is 0 Å². The fraction of sp³-hybridized carbons (Fsp3) is 0.0667. The molecule has 0 unspecified atom stereocenters. The lowest BCUT2D eigenvalue weighted by molar-refractivity contribution is 0.596. The van der Waals surface area contributed by atoms with Crippen molar-refractivity contribution in [1.82, 2.24) is 0 Å². The topological polar surface area (TPSA) is 37.4 Å². The molecular formula is C15H12BrNO2S. The molecule has 0 heterocycles. The van der Waals surface area contributed by atoms with Crippen LogP contribution in [0, 0.1) is 19.4 Å². The predicted octanol–water partition coefficient (Wildman–Crippen LogP) is 3.54. The second kappa shape index (κ2) is 5.70. The minimum Gasteiger partial charge on any atom is -0.200 e. The maximum Gasteiger partial charge on any atom is 0.275 e. The van der Waals surface area contributed by atoms with E-state index in [1.807, 2.05) is 6.92 Å². The standard InChI is InChI=1S/C15H12BrNO2S/c1-3-17(14-8-6-13(16)7-9-14)20(18,19)15-10-4-12(2)5-11-15/h1,4-11H,2H3. The largest absolute Gasteiger partial charge is 0.275 e. The summed E-state index contributed by atoms with van der Waals surface area (Å²) in [4.78, 5) is 0.170. The quantitative estimate of drug-likeness (QED) is 0.627. The van der Waals surface area contributed by atoms with Crippen LogP contribution in [0.3, 0.4) is 0 Å². The Bertz CT molecular complexity index is 744. The molecule has 0 radical (unpaired) electrons. The van der Waals surface area contributed by atoms with E-state index in [4.69, 9.17) is 6.42 Å². The Morgan fingerprint density at radius 2 is 1.60 bits per heavy atom. The van der Waals surface area contributed by atoms with Gasteiger partial charge in [-0.25, -0.2) is 8.42 Å². The third-order valence-corrected chi connectivity index (χ3v) is 4.93. The highest BCUT2D eigenvalue weighted by Crippen LogP contribution is 2.24. The molecule has 0 aliphatic heterocycles. The van der Waals surface area contributed by atoms with E-state index in [9.17, 15) is 8.42 Å². The zero-order chi connectivity index (χ0) is 14.8. The third-order valence-electron chi connectivity index (χ3n) is 2.74. The van der Waals surface area contributed by atoms with Gasteiger partial charge in [-0.3, -0.25) is 0 Å². The molecule has 0 aromatic heterocycles. The molecule has 0 atom stereocenters. The Balaban J connectivity index is 2.48. The molecule has 2 rings (SSSR count). The minimum atomic E-state index is -3.75. The van der Waals surface area contributed by atoms with Crippen LogP contribution in [0.5, 0.6) is 0 Å². The van der Waals surface area contributed by atoms with Crippen LogP contribution < -0.4 is 4.31 Å². The first-order valence-electron chi connectivity index (χ1n) is 5.79. The molecule has 0 saturated heterocycles. The van der Waals surface area contributed by atoms with E-state index >= 15 is 0 Å². The lowest BCUT2D eigenvalue weighted by Crippen LogP contribution is -2.25. The number of aryl methyl sites for hydroxylation is 1. The van der Waals surface area contributed by atoms with Gasteiger partial charge in [-0.2, -0.15) is 4.31 Å². The monoisotopic (exact) mass is 349 g/mol. The molecule has 0 aliphatic rings. The van der Waals surface area contributed by atoms with E-state index in [0.29, 0.717) is 5.69 Å². The van der Waals surface area contributed by atoms with Crippen molar-refractivity contribution < 1.29 is 8.42 Å². The van der Waals surface area contributed by atoms with Crippen molar-refractivity contribution in [1.29, 1.82) is 0 Å². The summed E-state index contributed by atoms with van der Waals surface area (Å²) >= 11 is 3.30. The maximum absolute atomic E-state index is 12.5. The summed E-state index contributed by atoms with van der Waals surface area (Å²) in [5.74, 6) is 0. The van der Waals surface area contributed by atoms with Crippen molar-refractivity contribution in [2.45, 2.75) is 11.8 Å². The van der Waals surface area contributed by atoms with Gasteiger partial charge in [0.25, 0.3) is 10.0 Å². The van der Waals surface area contributed by atoms with Crippen molar-refractivity contribution in [3.63, 3.8) is 0 Å². The number of benzene rings is 2. The summed E-state index contributed by atoms with van der Waals surface area (Å²) in [6.07, 6.45) is 5.38. The average Bonchev–Trinajstić information content (AvgIpc) is 2.42. The molecule has 20 heavy (non-hydrogen) atoms. The Kier molecular flexibility index (Phi) is 4.17. The van der Waals surface area contributed by atoms with Crippen LogP contribution in [0.1, 0.15) is 5.56 Å². The number of sulfonamides is 1. The van der Waals surface area contributed by atoms with Crippen molar-refractivity contribution in [2.75, 3.05) is 4.31 Å². The van der Waals surface area contributed by atoms with Crippen LogP contribution in [0.25, 0.3) is 0 Å². The fourth-order valence-corrected chi connectivity index (χ4v) is 3.17. The molecule has 0 saturated carbocycles. The summed E-state index contributed by atoms with van der Waals surface area (Å²) in [6.45, 7) is 1.89. The summed E-state index contributed by atoms with van der Waals surface area (Å²) < 4.78 is 26.9. The zero-order valence-corrected chi connectivity index (χ0v) is 13.1. The SMILES string of the molecule is C#CN(c1ccc(Br)cc1)S(=O)(=O)c1ccc(C)cc1. The molecule has 0 N–H and O–H groups in total. The van der Waals surface area contributed by atoms with Gasteiger partial charge in [0.05, 0.1) is 10.6 Å². The van der Waals surface area contributed by atoms with Gasteiger partial charge in [-0.05, 0) is 43.3 Å². The van der Waals surface area contributed by atoms with Gasteiger partial charge in [-0.15, -0.1) is 0 Å². The fourth-order valence-electron chi connectivity index (χ4n) is 1.67. The van der Waals surface area contributed by atoms with Gasteiger partial charge in [0.15, 0.2) is 0 Å². The van der Waals surface area contributed by atoms with Gasteiger partial charge in [0.1, 0.15) is 0 Å². The van der Waals surface area contributed by atoms with Crippen LogP contribution in [-0.4, -0.2) is 8.42 Å². The highest BCUT2D eigenvalue weighted by Gasteiger charge is 2.23. The smallest absolute Gasteiger partial charge is 0.200 e. The molecule has 3 nitrogen and oxygen atoms in total. The molecule has 2 aromatic rings. The predicted molar refractivity (Wildman–Crippen MR) is 83.8 cm³/mol. The third kappa shape index (κ3) is 2.87. The lowest BCUT2D eigenvalue weighted by atomic mass is 10.2. The molecule has 0 bridgehead atoms. The summed E-state index contributed by atoms with van der Waals surface area (Å²) in [6, 6.07) is 15.6. The van der Waals surface area contributed by atoms with E-state index in [1.165, 1.54) is 0 Å². The van der Waals surface area contributed by atoms with E-state index in [0.717, 1.165) is 14.3 Å². The Labute approximate surface area is 127 Å². The number of anilines is 1. The Hall–Kier alpha value is -1.77. The van der Waals surface area contributed by atoms with Crippen molar-refractivity contribution in [3.05, 3.63) is 58.6 Å². The number of halogens is 1. The van der Waals surface area contributed by atoms with E-state index in [-0.39, 0.29) is 4.90 Å². The molecule has 0 fully saturated rings. The van der Waals surface area contributed by atoms with Crippen LogP contribution in [-0.2, 0) is 10.0 Å². The molecule has 2 aromatic carbocycles. The maximum atomic E-state index is 12.5. The highest BCUT2D eigenvalue weighted by atomic mass is 79.9. The van der Waals surface area contributed by atoms with Gasteiger partial charge in [-0.1, -0.05) is 40.0 Å². The number of rotatable bonds is 3. The van der Waals surface area contributed by atoms with Crippen molar-refractivity contribution in [3.8, 4) is 12.5 Å². The van der Waals surface area contributed by atoms with Crippen LogP contribution in [0.15, 0.2) is 57.9 Å². The Morgan fingerprint density at radius 1 is 1.05 bits per heavy atom. The van der Waals surface area contributed by atoms with Gasteiger partial charge in [0.2, 0.25) is 0 Å². The summed E-state index contributed by atoms with van der Waals surface area (Å²) in [5.41, 5.74) is 1.41. The van der Waals surface area contributed by atoms with E-state index in [2.05, 4.69) is 22.0 Å². The van der Waals surface area contributed by atoms with Gasteiger partial charge >= 0.3 is 0 Å². The zero-order valence-electron chi connectivity index (χ0n) is 10.7. The first kappa shape index (κ1) is 14.6. The second-order valence-electron chi connectivity index (χ2n) is 4.19. The van der Waals surface area contributed by atoms with Gasteiger partial charge in [0, 0.05) is 10.5 Å². The number of hydrogen-bond donors (Lipinski definition) is 0. The number of terminal acetylenes is 1. The highest BCUT2D eigenvalue weighted by molar-refractivity contribution is 9.10. The molecule has 5 heteroatoms. The average molecular weight is 350 g/mol. The van der Waals surface area contributed by atoms with Crippen LogP contribution in [0.4, 0.5) is 5.69 Å². The van der Waals surface area contributed by atoms with Crippen LogP contribution in [0.2, 0.25) is 0 Å². The molecule has 102 valence electrons. The number of nitrogens with zero attached hydrogens (tertiary/aromatic N) is 1. The minimum absolute atomic E-state index is 0.170. The molecule has 0 spiro atoms. The molecule has 0 amide bonds. The first-order chi connectivity index (χ1) is 9.45. The first-order valence-corrected chi connectivity index (χ1v) is 8.02. The lowest BCUT2D eigenvalue weighted by Gasteiger charge is -2.18. The second-order valence-corrected chi connectivity index (χ2v) is 6.89. The Morgan fingerprint density at radius 3 is 2.10 bits per heavy atom.